The molecule has 10 heteroatoms. The summed E-state index contributed by atoms with van der Waals surface area (Å²) in [4.78, 5) is 9.85. The molecule has 0 bridgehead atoms. The Hall–Kier alpha value is -2.66. The molecule has 9 nitrogen and oxygen atoms in total. The largest absolute Gasteiger partial charge is 0.508 e. The summed E-state index contributed by atoms with van der Waals surface area (Å²) in [7, 11) is -3.55. The quantitative estimate of drug-likeness (QED) is 0.572. The van der Waals surface area contributed by atoms with Gasteiger partial charge in [0.15, 0.2) is 0 Å². The van der Waals surface area contributed by atoms with Crippen LogP contribution in [0.25, 0.3) is 11.0 Å². The highest BCUT2D eigenvalue weighted by atomic mass is 32.2. The first-order chi connectivity index (χ1) is 16.5. The monoisotopic (exact) mass is 485 g/mol. The van der Waals surface area contributed by atoms with E-state index in [4.69, 9.17) is 9.72 Å². The van der Waals surface area contributed by atoms with E-state index >= 15 is 0 Å². The van der Waals surface area contributed by atoms with Crippen LogP contribution in [0, 0.1) is 0 Å². The van der Waals surface area contributed by atoms with Crippen molar-refractivity contribution in [2.24, 2.45) is 0 Å². The summed E-state index contributed by atoms with van der Waals surface area (Å²) < 4.78 is 35.1. The van der Waals surface area contributed by atoms with Gasteiger partial charge in [0, 0.05) is 51.5 Å². The molecule has 2 aliphatic rings. The van der Waals surface area contributed by atoms with Gasteiger partial charge in [-0.15, -0.1) is 0 Å². The second kappa shape index (κ2) is 9.53. The number of sulfonamides is 1. The molecule has 0 saturated carbocycles. The van der Waals surface area contributed by atoms with Crippen molar-refractivity contribution in [2.45, 2.75) is 24.9 Å². The van der Waals surface area contributed by atoms with Crippen LogP contribution in [0.3, 0.4) is 0 Å². The van der Waals surface area contributed by atoms with Gasteiger partial charge in [0.1, 0.15) is 11.6 Å². The third kappa shape index (κ3) is 4.50. The second-order valence-electron chi connectivity index (χ2n) is 8.72. The van der Waals surface area contributed by atoms with Crippen LogP contribution in [0.1, 0.15) is 12.7 Å². The molecule has 0 radical (unpaired) electrons. The van der Waals surface area contributed by atoms with Crippen molar-refractivity contribution in [2.75, 3.05) is 57.4 Å². The fourth-order valence-electron chi connectivity index (χ4n) is 4.76. The summed E-state index contributed by atoms with van der Waals surface area (Å²) >= 11 is 0. The lowest BCUT2D eigenvalue weighted by molar-refractivity contribution is 0.0730. The molecule has 1 aromatic heterocycles. The number of piperazine rings is 1. The van der Waals surface area contributed by atoms with Gasteiger partial charge >= 0.3 is 0 Å². The maximum absolute atomic E-state index is 13.1. The molecule has 2 aromatic carbocycles. The Morgan fingerprint density at radius 2 is 1.68 bits per heavy atom. The minimum Gasteiger partial charge on any atom is -0.508 e. The Bertz CT molecular complexity index is 1240. The van der Waals surface area contributed by atoms with Gasteiger partial charge in [-0.2, -0.15) is 4.31 Å². The van der Waals surface area contributed by atoms with E-state index in [0.717, 1.165) is 56.3 Å². The number of nitrogens with zero attached hydrogens (tertiary/aromatic N) is 5. The maximum Gasteiger partial charge on any atom is 0.243 e. The van der Waals surface area contributed by atoms with Crippen molar-refractivity contribution in [3.63, 3.8) is 0 Å². The number of aromatic hydroxyl groups is 1. The first-order valence-electron chi connectivity index (χ1n) is 11.8. The van der Waals surface area contributed by atoms with Crippen LogP contribution in [-0.4, -0.2) is 84.8 Å². The number of rotatable bonds is 6. The van der Waals surface area contributed by atoms with E-state index in [0.29, 0.717) is 31.8 Å². The third-order valence-electron chi connectivity index (χ3n) is 6.67. The summed E-state index contributed by atoms with van der Waals surface area (Å²) in [6.07, 6.45) is 0. The number of phenols is 1. The predicted molar refractivity (Wildman–Crippen MR) is 131 cm³/mol. The number of hydrogen-bond donors (Lipinski definition) is 1. The van der Waals surface area contributed by atoms with Gasteiger partial charge in [-0.25, -0.2) is 13.4 Å². The summed E-state index contributed by atoms with van der Waals surface area (Å²) in [6, 6.07) is 12.6. The van der Waals surface area contributed by atoms with Crippen molar-refractivity contribution < 1.29 is 18.3 Å². The molecular weight excluding hydrogens is 454 g/mol. The van der Waals surface area contributed by atoms with Crippen molar-refractivity contribution in [3.05, 3.63) is 48.3 Å². The number of imidazole rings is 1. The summed E-state index contributed by atoms with van der Waals surface area (Å²) in [5, 5.41) is 9.52. The highest BCUT2D eigenvalue weighted by molar-refractivity contribution is 7.89. The molecule has 0 unspecified atom stereocenters. The van der Waals surface area contributed by atoms with E-state index in [1.165, 1.54) is 4.31 Å². The highest BCUT2D eigenvalue weighted by Gasteiger charge is 2.27. The summed E-state index contributed by atoms with van der Waals surface area (Å²) in [5.41, 5.74) is 2.79. The normalized spacial score (nSPS) is 18.6. The van der Waals surface area contributed by atoms with Gasteiger partial charge in [0.2, 0.25) is 10.0 Å². The van der Waals surface area contributed by atoms with Crippen LogP contribution < -0.4 is 4.90 Å². The summed E-state index contributed by atoms with van der Waals surface area (Å²) in [6.45, 7) is 8.81. The number of ether oxygens (including phenoxy) is 1. The Morgan fingerprint density at radius 3 is 2.35 bits per heavy atom. The van der Waals surface area contributed by atoms with Crippen molar-refractivity contribution >= 4 is 26.7 Å². The topological polar surface area (TPSA) is 91.1 Å². The molecule has 1 N–H and O–H groups in total. The van der Waals surface area contributed by atoms with Gasteiger partial charge in [-0.1, -0.05) is 0 Å². The fraction of sp³-hybridized carbons (Fsp3) is 0.458. The molecule has 2 fully saturated rings. The van der Waals surface area contributed by atoms with E-state index in [1.54, 1.807) is 24.3 Å². The minimum absolute atomic E-state index is 0.279. The molecule has 182 valence electrons. The number of fused-ring (bicyclic) bond motifs is 1. The number of aromatic nitrogens is 2. The zero-order chi connectivity index (χ0) is 23.7. The maximum atomic E-state index is 13.1. The van der Waals surface area contributed by atoms with Crippen LogP contribution in [0.4, 0.5) is 5.69 Å². The molecule has 2 aliphatic heterocycles. The fourth-order valence-corrected chi connectivity index (χ4v) is 6.19. The van der Waals surface area contributed by atoms with Crippen LogP contribution >= 0.6 is 0 Å². The van der Waals surface area contributed by atoms with E-state index in [2.05, 4.69) is 21.3 Å². The molecule has 0 aliphatic carbocycles. The number of phenolic OH excluding ortho intramolecular Hbond substituents is 1. The zero-order valence-corrected chi connectivity index (χ0v) is 20.2. The van der Waals surface area contributed by atoms with Gasteiger partial charge in [0.25, 0.3) is 0 Å². The lowest BCUT2D eigenvalue weighted by Crippen LogP contribution is -2.46. The Kier molecular flexibility index (Phi) is 6.48. The van der Waals surface area contributed by atoms with Crippen LogP contribution in [-0.2, 0) is 27.8 Å². The second-order valence-corrected chi connectivity index (χ2v) is 10.7. The smallest absolute Gasteiger partial charge is 0.243 e. The SMILES string of the molecule is CCn1c(CN2CCN(c3ccc(O)cc3)CC2)nc2cc(S(=O)(=O)N3CCOCC3)ccc21. The Labute approximate surface area is 200 Å². The molecule has 0 spiro atoms. The lowest BCUT2D eigenvalue weighted by atomic mass is 10.2. The first-order valence-corrected chi connectivity index (χ1v) is 13.2. The van der Waals surface area contributed by atoms with Crippen molar-refractivity contribution in [1.82, 2.24) is 18.8 Å². The van der Waals surface area contributed by atoms with E-state index < -0.39 is 10.0 Å². The number of hydrogen-bond acceptors (Lipinski definition) is 7. The standard InChI is InChI=1S/C24H31N5O4S/c1-2-29-23-8-7-21(34(31,32)28-13-15-33-16-14-28)17-22(23)25-24(29)18-26-9-11-27(12-10-26)19-3-5-20(30)6-4-19/h3-8,17,30H,2,9-16,18H2,1H3. The molecule has 0 atom stereocenters. The van der Waals surface area contributed by atoms with Crippen molar-refractivity contribution in [3.8, 4) is 5.75 Å². The van der Waals surface area contributed by atoms with E-state index in [9.17, 15) is 13.5 Å². The van der Waals surface area contributed by atoms with E-state index in [1.807, 2.05) is 18.2 Å². The van der Waals surface area contributed by atoms with Crippen molar-refractivity contribution in [1.29, 1.82) is 0 Å². The predicted octanol–water partition coefficient (Wildman–Crippen LogP) is 2.10. The Balaban J connectivity index is 1.32. The molecule has 34 heavy (non-hydrogen) atoms. The molecule has 3 heterocycles. The Morgan fingerprint density at radius 1 is 0.971 bits per heavy atom. The van der Waals surface area contributed by atoms with Crippen LogP contribution in [0.15, 0.2) is 47.4 Å². The third-order valence-corrected chi connectivity index (χ3v) is 8.57. The molecular formula is C24H31N5O4S. The van der Waals surface area contributed by atoms with Crippen LogP contribution in [0.2, 0.25) is 0 Å². The number of morpholine rings is 1. The molecule has 0 amide bonds. The minimum atomic E-state index is -3.55. The van der Waals surface area contributed by atoms with Gasteiger partial charge < -0.3 is 19.3 Å². The summed E-state index contributed by atoms with van der Waals surface area (Å²) in [5.74, 6) is 1.23. The first kappa shape index (κ1) is 23.1. The average Bonchev–Trinajstić information content (AvgIpc) is 3.21. The molecule has 3 aromatic rings. The van der Waals surface area contributed by atoms with Gasteiger partial charge in [-0.3, -0.25) is 4.90 Å². The number of benzene rings is 2. The molecule has 5 rings (SSSR count). The molecule has 2 saturated heterocycles. The number of anilines is 1. The number of aryl methyl sites for hydroxylation is 1. The van der Waals surface area contributed by atoms with Gasteiger partial charge in [0.05, 0.1) is 35.7 Å². The highest BCUT2D eigenvalue weighted by Crippen LogP contribution is 2.25. The zero-order valence-electron chi connectivity index (χ0n) is 19.4. The van der Waals surface area contributed by atoms with Crippen LogP contribution in [0.5, 0.6) is 5.75 Å². The average molecular weight is 486 g/mol. The lowest BCUT2D eigenvalue weighted by Gasteiger charge is -2.36. The van der Waals surface area contributed by atoms with Gasteiger partial charge in [-0.05, 0) is 49.4 Å². The van der Waals surface area contributed by atoms with E-state index in [-0.39, 0.29) is 10.6 Å².